The van der Waals surface area contributed by atoms with E-state index in [1.54, 1.807) is 0 Å². The van der Waals surface area contributed by atoms with Crippen LogP contribution in [0.1, 0.15) is 58.3 Å². The summed E-state index contributed by atoms with van der Waals surface area (Å²) in [6.45, 7) is 2.28. The van der Waals surface area contributed by atoms with E-state index >= 15 is 0 Å². The Kier molecular flexibility index (Phi) is 7.57. The van der Waals surface area contributed by atoms with Crippen LogP contribution >= 0.6 is 23.5 Å². The van der Waals surface area contributed by atoms with Gasteiger partial charge in [-0.3, -0.25) is 0 Å². The summed E-state index contributed by atoms with van der Waals surface area (Å²) in [5, 5.41) is 10.4. The van der Waals surface area contributed by atoms with Crippen LogP contribution in [-0.4, -0.2) is 33.3 Å². The lowest BCUT2D eigenvalue weighted by atomic mass is 9.83. The van der Waals surface area contributed by atoms with Crippen molar-refractivity contribution < 1.29 is 5.11 Å². The minimum absolute atomic E-state index is 0.0147. The van der Waals surface area contributed by atoms with Crippen molar-refractivity contribution >= 4 is 23.5 Å². The third-order valence-corrected chi connectivity index (χ3v) is 8.21. The average molecular weight is 318 g/mol. The van der Waals surface area contributed by atoms with Gasteiger partial charge in [-0.1, -0.05) is 39.0 Å². The van der Waals surface area contributed by atoms with Gasteiger partial charge in [0.25, 0.3) is 0 Å². The minimum Gasteiger partial charge on any atom is -0.392 e. The molecule has 0 aromatic carbocycles. The highest BCUT2D eigenvalue weighted by molar-refractivity contribution is 8.17. The first-order valence-electron chi connectivity index (χ1n) is 8.33. The Morgan fingerprint density at radius 3 is 2.40 bits per heavy atom. The van der Waals surface area contributed by atoms with E-state index in [2.05, 4.69) is 30.4 Å². The third-order valence-electron chi connectivity index (χ3n) is 4.76. The monoisotopic (exact) mass is 317 g/mol. The number of hydrogen-bond donors (Lipinski definition) is 2. The Morgan fingerprint density at radius 1 is 1.10 bits per heavy atom. The van der Waals surface area contributed by atoms with Crippen molar-refractivity contribution in [1.82, 2.24) is 0 Å². The first kappa shape index (κ1) is 17.0. The molecular weight excluding hydrogens is 286 g/mol. The quantitative estimate of drug-likeness (QED) is 0.781. The third kappa shape index (κ3) is 5.43. The summed E-state index contributed by atoms with van der Waals surface area (Å²) < 4.78 is 0.667. The fourth-order valence-corrected chi connectivity index (χ4v) is 6.58. The lowest BCUT2D eigenvalue weighted by Gasteiger charge is -2.31. The summed E-state index contributed by atoms with van der Waals surface area (Å²) in [5.41, 5.74) is 6.26. The molecule has 3 N–H and O–H groups in total. The molecule has 1 saturated heterocycles. The molecule has 0 aromatic heterocycles. The van der Waals surface area contributed by atoms with Crippen LogP contribution in [0.5, 0.6) is 0 Å². The second kappa shape index (κ2) is 8.92. The maximum absolute atomic E-state index is 10.4. The first-order valence-corrected chi connectivity index (χ1v) is 10.4. The zero-order chi connectivity index (χ0) is 14.4. The summed E-state index contributed by atoms with van der Waals surface area (Å²) >= 11 is 4.14. The number of aliphatic hydroxyl groups excluding tert-OH is 1. The van der Waals surface area contributed by atoms with Crippen LogP contribution in [0, 0.1) is 11.8 Å². The van der Waals surface area contributed by atoms with Crippen molar-refractivity contribution in [2.24, 2.45) is 17.6 Å². The molecule has 1 aliphatic heterocycles. The van der Waals surface area contributed by atoms with E-state index in [4.69, 9.17) is 5.73 Å². The van der Waals surface area contributed by atoms with Gasteiger partial charge in [-0.2, -0.15) is 0 Å². The largest absolute Gasteiger partial charge is 0.392 e. The van der Waals surface area contributed by atoms with Gasteiger partial charge in [-0.15, -0.1) is 23.5 Å². The molecule has 0 bridgehead atoms. The predicted octanol–water partition coefficient (Wildman–Crippen LogP) is 3.87. The molecule has 1 saturated carbocycles. The normalized spacial score (nSPS) is 27.1. The predicted molar refractivity (Wildman–Crippen MR) is 92.3 cm³/mol. The molecule has 0 spiro atoms. The SMILES string of the molecule is CC(CC(O)[C@@H](N)CC1CCCCC1)C1SCCCS1. The summed E-state index contributed by atoms with van der Waals surface area (Å²) in [5.74, 6) is 3.90. The molecule has 2 unspecified atom stereocenters. The van der Waals surface area contributed by atoms with Gasteiger partial charge in [0.05, 0.1) is 10.7 Å². The molecule has 1 aliphatic carbocycles. The summed E-state index contributed by atoms with van der Waals surface area (Å²) in [6, 6.07) is -0.0147. The topological polar surface area (TPSA) is 46.2 Å². The van der Waals surface area contributed by atoms with Crippen LogP contribution in [0.2, 0.25) is 0 Å². The van der Waals surface area contributed by atoms with Gasteiger partial charge in [-0.05, 0) is 42.6 Å². The molecule has 4 heteroatoms. The van der Waals surface area contributed by atoms with Gasteiger partial charge in [0, 0.05) is 6.04 Å². The van der Waals surface area contributed by atoms with Crippen molar-refractivity contribution in [1.29, 1.82) is 0 Å². The van der Waals surface area contributed by atoms with E-state index in [0.717, 1.165) is 18.8 Å². The van der Waals surface area contributed by atoms with Crippen molar-refractivity contribution in [3.63, 3.8) is 0 Å². The molecule has 2 nitrogen and oxygen atoms in total. The maximum atomic E-state index is 10.4. The van der Waals surface area contributed by atoms with Crippen molar-refractivity contribution in [3.8, 4) is 0 Å². The fraction of sp³-hybridized carbons (Fsp3) is 1.00. The van der Waals surface area contributed by atoms with E-state index in [0.29, 0.717) is 10.5 Å². The Labute approximate surface area is 133 Å². The fourth-order valence-electron chi connectivity index (χ4n) is 3.47. The number of nitrogens with two attached hydrogens (primary N) is 1. The Balaban J connectivity index is 1.70. The van der Waals surface area contributed by atoms with Gasteiger partial charge >= 0.3 is 0 Å². The van der Waals surface area contributed by atoms with E-state index in [1.165, 1.54) is 50.0 Å². The Bertz CT molecular complexity index is 265. The maximum Gasteiger partial charge on any atom is 0.0694 e. The molecule has 1 heterocycles. The average Bonchev–Trinajstić information content (AvgIpc) is 2.49. The van der Waals surface area contributed by atoms with E-state index in [9.17, 15) is 5.11 Å². The standard InChI is InChI=1S/C16H31NOS2/c1-12(16-19-8-5-9-20-16)10-15(18)14(17)11-13-6-3-2-4-7-13/h12-16,18H,2-11,17H2,1H3/t12?,14-,15?/m0/s1. The molecule has 3 atom stereocenters. The molecule has 2 rings (SSSR count). The molecule has 2 aliphatic rings. The number of rotatable bonds is 6. The minimum atomic E-state index is -0.310. The lowest BCUT2D eigenvalue weighted by Crippen LogP contribution is -2.38. The first-order chi connectivity index (χ1) is 9.66. The van der Waals surface area contributed by atoms with Crippen LogP contribution in [-0.2, 0) is 0 Å². The molecule has 0 amide bonds. The molecule has 0 aromatic rings. The highest BCUT2D eigenvalue weighted by atomic mass is 32.2. The van der Waals surface area contributed by atoms with E-state index in [1.807, 2.05) is 0 Å². The highest BCUT2D eigenvalue weighted by Crippen LogP contribution is 2.38. The van der Waals surface area contributed by atoms with Gasteiger partial charge in [-0.25, -0.2) is 0 Å². The van der Waals surface area contributed by atoms with E-state index in [-0.39, 0.29) is 12.1 Å². The van der Waals surface area contributed by atoms with Crippen LogP contribution in [0.4, 0.5) is 0 Å². The number of aliphatic hydroxyl groups is 1. The van der Waals surface area contributed by atoms with Gasteiger partial charge in [0.1, 0.15) is 0 Å². The molecule has 118 valence electrons. The van der Waals surface area contributed by atoms with Gasteiger partial charge < -0.3 is 10.8 Å². The summed E-state index contributed by atoms with van der Waals surface area (Å²) in [7, 11) is 0. The van der Waals surface area contributed by atoms with Crippen molar-refractivity contribution in [2.45, 2.75) is 75.0 Å². The Morgan fingerprint density at radius 2 is 1.75 bits per heavy atom. The zero-order valence-electron chi connectivity index (χ0n) is 12.8. The van der Waals surface area contributed by atoms with Crippen molar-refractivity contribution in [3.05, 3.63) is 0 Å². The molecule has 20 heavy (non-hydrogen) atoms. The number of thioether (sulfide) groups is 2. The lowest BCUT2D eigenvalue weighted by molar-refractivity contribution is 0.105. The molecular formula is C16H31NOS2. The Hall–Kier alpha value is 0.620. The summed E-state index contributed by atoms with van der Waals surface area (Å²) in [6.07, 6.45) is 9.68. The second-order valence-corrected chi connectivity index (χ2v) is 9.44. The second-order valence-electron chi connectivity index (χ2n) is 6.65. The van der Waals surface area contributed by atoms with Crippen LogP contribution in [0.15, 0.2) is 0 Å². The van der Waals surface area contributed by atoms with E-state index < -0.39 is 0 Å². The molecule has 0 radical (unpaired) electrons. The smallest absolute Gasteiger partial charge is 0.0694 e. The van der Waals surface area contributed by atoms with Crippen molar-refractivity contribution in [2.75, 3.05) is 11.5 Å². The van der Waals surface area contributed by atoms with Crippen LogP contribution in [0.25, 0.3) is 0 Å². The summed E-state index contributed by atoms with van der Waals surface area (Å²) in [4.78, 5) is 0. The van der Waals surface area contributed by atoms with Gasteiger partial charge in [0.2, 0.25) is 0 Å². The molecule has 2 fully saturated rings. The van der Waals surface area contributed by atoms with Crippen LogP contribution in [0.3, 0.4) is 0 Å². The highest BCUT2D eigenvalue weighted by Gasteiger charge is 2.27. The zero-order valence-corrected chi connectivity index (χ0v) is 14.4. The van der Waals surface area contributed by atoms with Crippen LogP contribution < -0.4 is 5.73 Å². The number of hydrogen-bond acceptors (Lipinski definition) is 4. The van der Waals surface area contributed by atoms with Gasteiger partial charge in [0.15, 0.2) is 0 Å².